The van der Waals surface area contributed by atoms with Gasteiger partial charge < -0.3 is 10.2 Å². The smallest absolute Gasteiger partial charge is 0.315 e. The minimum atomic E-state index is -0.862. The summed E-state index contributed by atoms with van der Waals surface area (Å²) in [4.78, 5) is 41.8. The summed E-state index contributed by atoms with van der Waals surface area (Å²) in [5.74, 6) is -1.94. The Morgan fingerprint density at radius 3 is 2.79 bits per heavy atom. The van der Waals surface area contributed by atoms with Crippen LogP contribution >= 0.6 is 11.3 Å². The van der Waals surface area contributed by atoms with Crippen molar-refractivity contribution in [3.63, 3.8) is 0 Å². The Hall–Kier alpha value is -2.74. The van der Waals surface area contributed by atoms with Crippen LogP contribution in [0.15, 0.2) is 35.8 Å². The Balaban J connectivity index is 1.60. The predicted molar refractivity (Wildman–Crippen MR) is 90.8 cm³/mol. The fraction of sp³-hybridized carbons (Fsp3) is 0.250. The average molecular weight is 344 g/mol. The van der Waals surface area contributed by atoms with Gasteiger partial charge in [0.2, 0.25) is 5.91 Å². The van der Waals surface area contributed by atoms with Gasteiger partial charge in [-0.3, -0.25) is 19.7 Å². The molecule has 1 aliphatic rings. The normalized spacial score (nSPS) is 14.0. The molecule has 0 aliphatic carbocycles. The lowest BCUT2D eigenvalue weighted by Gasteiger charge is -2.22. The van der Waals surface area contributed by atoms with Crippen molar-refractivity contribution in [2.75, 3.05) is 16.8 Å². The zero-order chi connectivity index (χ0) is 17.1. The van der Waals surface area contributed by atoms with Crippen LogP contribution in [0.25, 0.3) is 0 Å². The average Bonchev–Trinajstić information content (AvgIpc) is 3.23. The SMILES string of the molecule is CC(NC(=O)C(=O)Nc1nccs1)C(=O)N1CCc2ccccc21. The highest BCUT2D eigenvalue weighted by Crippen LogP contribution is 2.27. The van der Waals surface area contributed by atoms with E-state index in [2.05, 4.69) is 15.6 Å². The van der Waals surface area contributed by atoms with Gasteiger partial charge >= 0.3 is 11.8 Å². The number of hydrogen-bond donors (Lipinski definition) is 2. The summed E-state index contributed by atoms with van der Waals surface area (Å²) < 4.78 is 0. The van der Waals surface area contributed by atoms with Crippen LogP contribution in [0.4, 0.5) is 10.8 Å². The maximum absolute atomic E-state index is 12.6. The summed E-state index contributed by atoms with van der Waals surface area (Å²) in [7, 11) is 0. The van der Waals surface area contributed by atoms with Gasteiger partial charge in [0.15, 0.2) is 5.13 Å². The molecule has 0 spiro atoms. The number of carbonyl (C=O) groups excluding carboxylic acids is 3. The molecule has 2 N–H and O–H groups in total. The lowest BCUT2D eigenvalue weighted by atomic mass is 10.2. The summed E-state index contributed by atoms with van der Waals surface area (Å²) in [6.45, 7) is 2.14. The number of rotatable bonds is 3. The molecule has 1 aromatic carbocycles. The van der Waals surface area contributed by atoms with Crippen LogP contribution in [0.1, 0.15) is 12.5 Å². The highest BCUT2D eigenvalue weighted by Gasteiger charge is 2.29. The number of amides is 3. The first-order chi connectivity index (χ1) is 11.6. The van der Waals surface area contributed by atoms with Gasteiger partial charge in [-0.1, -0.05) is 18.2 Å². The van der Waals surface area contributed by atoms with Crippen molar-refractivity contribution in [2.24, 2.45) is 0 Å². The second-order valence-electron chi connectivity index (χ2n) is 5.36. The number of benzene rings is 1. The largest absolute Gasteiger partial charge is 0.336 e. The number of hydrogen-bond acceptors (Lipinski definition) is 5. The molecule has 0 saturated carbocycles. The summed E-state index contributed by atoms with van der Waals surface area (Å²) >= 11 is 1.21. The molecule has 2 heterocycles. The minimum Gasteiger partial charge on any atom is -0.336 e. The van der Waals surface area contributed by atoms with E-state index < -0.39 is 17.9 Å². The van der Waals surface area contributed by atoms with Gasteiger partial charge in [0.1, 0.15) is 6.04 Å². The number of anilines is 2. The van der Waals surface area contributed by atoms with Gasteiger partial charge in [-0.2, -0.15) is 0 Å². The molecule has 1 unspecified atom stereocenters. The van der Waals surface area contributed by atoms with Crippen molar-refractivity contribution >= 4 is 39.9 Å². The molecule has 1 aromatic heterocycles. The molecular weight excluding hydrogens is 328 g/mol. The summed E-state index contributed by atoms with van der Waals surface area (Å²) in [6.07, 6.45) is 2.31. The lowest BCUT2D eigenvalue weighted by molar-refractivity contribution is -0.137. The van der Waals surface area contributed by atoms with E-state index in [1.807, 2.05) is 24.3 Å². The van der Waals surface area contributed by atoms with E-state index in [0.29, 0.717) is 11.7 Å². The Morgan fingerprint density at radius 1 is 1.25 bits per heavy atom. The van der Waals surface area contributed by atoms with Crippen molar-refractivity contribution < 1.29 is 14.4 Å². The minimum absolute atomic E-state index is 0.240. The fourth-order valence-corrected chi connectivity index (χ4v) is 3.09. The number of nitrogens with zero attached hydrogens (tertiary/aromatic N) is 2. The van der Waals surface area contributed by atoms with Crippen LogP contribution in [0.5, 0.6) is 0 Å². The molecule has 0 fully saturated rings. The van der Waals surface area contributed by atoms with Crippen LogP contribution in [0.2, 0.25) is 0 Å². The van der Waals surface area contributed by atoms with Crippen LogP contribution in [-0.2, 0) is 20.8 Å². The van der Waals surface area contributed by atoms with Gasteiger partial charge in [0, 0.05) is 23.8 Å². The first-order valence-electron chi connectivity index (χ1n) is 7.47. The Morgan fingerprint density at radius 2 is 2.04 bits per heavy atom. The molecule has 0 bridgehead atoms. The lowest BCUT2D eigenvalue weighted by Crippen LogP contribution is -2.49. The molecule has 24 heavy (non-hydrogen) atoms. The van der Waals surface area contributed by atoms with E-state index in [0.717, 1.165) is 17.7 Å². The predicted octanol–water partition coefficient (Wildman–Crippen LogP) is 1.18. The van der Waals surface area contributed by atoms with Crippen LogP contribution in [-0.4, -0.2) is 35.3 Å². The van der Waals surface area contributed by atoms with Crippen LogP contribution in [0.3, 0.4) is 0 Å². The van der Waals surface area contributed by atoms with Crippen molar-refractivity contribution in [3.05, 3.63) is 41.4 Å². The van der Waals surface area contributed by atoms with Crippen molar-refractivity contribution in [3.8, 4) is 0 Å². The first kappa shape index (κ1) is 16.1. The third kappa shape index (κ3) is 3.28. The number of fused-ring (bicyclic) bond motifs is 1. The molecular formula is C16H16N4O3S. The number of nitrogens with one attached hydrogen (secondary N) is 2. The second-order valence-corrected chi connectivity index (χ2v) is 6.25. The van der Waals surface area contributed by atoms with E-state index in [1.54, 1.807) is 17.2 Å². The molecule has 0 radical (unpaired) electrons. The first-order valence-corrected chi connectivity index (χ1v) is 8.35. The number of aromatic nitrogens is 1. The van der Waals surface area contributed by atoms with E-state index >= 15 is 0 Å². The van der Waals surface area contributed by atoms with Crippen molar-refractivity contribution in [2.45, 2.75) is 19.4 Å². The van der Waals surface area contributed by atoms with E-state index in [9.17, 15) is 14.4 Å². The number of carbonyl (C=O) groups is 3. The molecule has 8 heteroatoms. The van der Waals surface area contributed by atoms with Crippen molar-refractivity contribution in [1.82, 2.24) is 10.3 Å². The highest BCUT2D eigenvalue weighted by molar-refractivity contribution is 7.13. The van der Waals surface area contributed by atoms with Gasteiger partial charge in [-0.25, -0.2) is 4.98 Å². The topological polar surface area (TPSA) is 91.4 Å². The van der Waals surface area contributed by atoms with E-state index in [1.165, 1.54) is 17.5 Å². The summed E-state index contributed by atoms with van der Waals surface area (Å²) in [5.41, 5.74) is 1.96. The zero-order valence-electron chi connectivity index (χ0n) is 13.0. The molecule has 3 rings (SSSR count). The second kappa shape index (κ2) is 6.79. The third-order valence-electron chi connectivity index (χ3n) is 3.73. The van der Waals surface area contributed by atoms with Crippen LogP contribution in [0, 0.1) is 0 Å². The van der Waals surface area contributed by atoms with Gasteiger partial charge in [0.05, 0.1) is 0 Å². The van der Waals surface area contributed by atoms with Crippen LogP contribution < -0.4 is 15.5 Å². The molecule has 3 amide bonds. The summed E-state index contributed by atoms with van der Waals surface area (Å²) in [6, 6.07) is 6.86. The molecule has 0 saturated heterocycles. The highest BCUT2D eigenvalue weighted by atomic mass is 32.1. The molecule has 1 atom stereocenters. The molecule has 2 aromatic rings. The zero-order valence-corrected chi connectivity index (χ0v) is 13.8. The monoisotopic (exact) mass is 344 g/mol. The standard InChI is InChI=1S/C16H16N4O3S/c1-10(18-13(21)14(22)19-16-17-7-9-24-16)15(23)20-8-6-11-4-2-3-5-12(11)20/h2-5,7,9-10H,6,8H2,1H3,(H,18,21)(H,17,19,22). The number of para-hydroxylation sites is 1. The molecule has 124 valence electrons. The number of thiazole rings is 1. The van der Waals surface area contributed by atoms with E-state index in [4.69, 9.17) is 0 Å². The quantitative estimate of drug-likeness (QED) is 0.818. The fourth-order valence-electron chi connectivity index (χ4n) is 2.56. The maximum atomic E-state index is 12.6. The Bertz CT molecular complexity index is 775. The van der Waals surface area contributed by atoms with Gasteiger partial charge in [-0.15, -0.1) is 11.3 Å². The van der Waals surface area contributed by atoms with Gasteiger partial charge in [-0.05, 0) is 25.0 Å². The molecule has 1 aliphatic heterocycles. The Kier molecular flexibility index (Phi) is 4.57. The third-order valence-corrected chi connectivity index (χ3v) is 4.42. The summed E-state index contributed by atoms with van der Waals surface area (Å²) in [5, 5.41) is 6.84. The Labute approximate surface area is 142 Å². The molecule has 7 nitrogen and oxygen atoms in total. The maximum Gasteiger partial charge on any atom is 0.315 e. The van der Waals surface area contributed by atoms with Gasteiger partial charge in [0.25, 0.3) is 0 Å². The van der Waals surface area contributed by atoms with E-state index in [-0.39, 0.29) is 5.91 Å². The van der Waals surface area contributed by atoms with Crippen molar-refractivity contribution in [1.29, 1.82) is 0 Å².